The maximum Gasteiger partial charge on any atom is 0.227 e. The largest absolute Gasteiger partial charge is 0.384 e. The number of aromatic nitrogens is 2. The Balaban J connectivity index is 0.00000144. The molecule has 1 fully saturated rings. The van der Waals surface area contributed by atoms with Gasteiger partial charge in [0.05, 0.1) is 0 Å². The van der Waals surface area contributed by atoms with Crippen LogP contribution in [0.25, 0.3) is 0 Å². The second kappa shape index (κ2) is 6.97. The first-order valence-electron chi connectivity index (χ1n) is 5.67. The molecule has 0 amide bonds. The lowest BCUT2D eigenvalue weighted by Gasteiger charge is -2.18. The van der Waals surface area contributed by atoms with Crippen molar-refractivity contribution in [2.75, 3.05) is 23.7 Å². The van der Waals surface area contributed by atoms with Crippen molar-refractivity contribution >= 4 is 36.6 Å². The summed E-state index contributed by atoms with van der Waals surface area (Å²) in [5.74, 6) is 2.29. The van der Waals surface area contributed by atoms with E-state index in [-0.39, 0.29) is 30.9 Å². The summed E-state index contributed by atoms with van der Waals surface area (Å²) in [6, 6.07) is 1.89. The predicted molar refractivity (Wildman–Crippen MR) is 79.5 cm³/mol. The van der Waals surface area contributed by atoms with Gasteiger partial charge in [-0.25, -0.2) is 4.98 Å². The van der Waals surface area contributed by atoms with Gasteiger partial charge in [-0.15, -0.1) is 24.8 Å². The fourth-order valence-corrected chi connectivity index (χ4v) is 2.24. The molecule has 0 aromatic carbocycles. The van der Waals surface area contributed by atoms with E-state index < -0.39 is 0 Å². The smallest absolute Gasteiger partial charge is 0.227 e. The number of anilines is 2. The molecule has 0 aliphatic carbocycles. The Bertz CT molecular complexity index is 374. The average Bonchev–Trinajstić information content (AvgIpc) is 2.60. The van der Waals surface area contributed by atoms with Gasteiger partial charge in [-0.3, -0.25) is 0 Å². The van der Waals surface area contributed by atoms with Gasteiger partial charge in [0, 0.05) is 25.3 Å². The molecule has 1 aromatic heterocycles. The molecule has 1 saturated heterocycles. The Morgan fingerprint density at radius 2 is 2.00 bits per heavy atom. The van der Waals surface area contributed by atoms with Gasteiger partial charge in [-0.2, -0.15) is 4.98 Å². The van der Waals surface area contributed by atoms with Gasteiger partial charge < -0.3 is 16.4 Å². The number of hydrogen-bond donors (Lipinski definition) is 2. The van der Waals surface area contributed by atoms with Crippen molar-refractivity contribution in [2.45, 2.75) is 19.9 Å². The van der Waals surface area contributed by atoms with Crippen molar-refractivity contribution in [3.8, 4) is 0 Å². The zero-order chi connectivity index (χ0) is 11.7. The second-order valence-corrected chi connectivity index (χ2v) is 4.76. The van der Waals surface area contributed by atoms with Crippen LogP contribution in [-0.4, -0.2) is 29.1 Å². The zero-order valence-electron chi connectivity index (χ0n) is 10.6. The highest BCUT2D eigenvalue weighted by Crippen LogP contribution is 2.25. The first-order chi connectivity index (χ1) is 7.58. The Labute approximate surface area is 120 Å². The minimum atomic E-state index is 0. The van der Waals surface area contributed by atoms with Gasteiger partial charge in [-0.05, 0) is 17.9 Å². The lowest BCUT2D eigenvalue weighted by atomic mass is 9.92. The number of halogens is 2. The highest BCUT2D eigenvalue weighted by Gasteiger charge is 2.33. The van der Waals surface area contributed by atoms with E-state index in [0.29, 0.717) is 23.6 Å². The Hall–Kier alpha value is -0.780. The quantitative estimate of drug-likeness (QED) is 0.860. The number of nitrogens with zero attached hydrogens (tertiary/aromatic N) is 3. The third-order valence-electron chi connectivity index (χ3n) is 3.22. The summed E-state index contributed by atoms with van der Waals surface area (Å²) in [7, 11) is 0. The molecule has 1 aliphatic rings. The van der Waals surface area contributed by atoms with Gasteiger partial charge in [0.1, 0.15) is 5.82 Å². The summed E-state index contributed by atoms with van der Waals surface area (Å²) in [6.07, 6.45) is 1.69. The monoisotopic (exact) mass is 293 g/mol. The fourth-order valence-electron chi connectivity index (χ4n) is 2.24. The molecule has 0 radical (unpaired) electrons. The van der Waals surface area contributed by atoms with Gasteiger partial charge in [-0.1, -0.05) is 13.8 Å². The molecule has 2 atom stereocenters. The Kier molecular flexibility index (Phi) is 6.67. The summed E-state index contributed by atoms with van der Waals surface area (Å²) < 4.78 is 0. The van der Waals surface area contributed by atoms with Crippen LogP contribution < -0.4 is 16.4 Å². The van der Waals surface area contributed by atoms with Crippen molar-refractivity contribution in [3.63, 3.8) is 0 Å². The minimum absolute atomic E-state index is 0. The third-order valence-corrected chi connectivity index (χ3v) is 3.22. The summed E-state index contributed by atoms with van der Waals surface area (Å²) in [5.41, 5.74) is 11.8. The van der Waals surface area contributed by atoms with Crippen molar-refractivity contribution in [3.05, 3.63) is 12.3 Å². The van der Waals surface area contributed by atoms with E-state index in [0.717, 1.165) is 13.1 Å². The van der Waals surface area contributed by atoms with E-state index in [4.69, 9.17) is 11.5 Å². The van der Waals surface area contributed by atoms with Crippen molar-refractivity contribution < 1.29 is 0 Å². The van der Waals surface area contributed by atoms with Gasteiger partial charge in [0.2, 0.25) is 5.95 Å². The molecule has 7 heteroatoms. The molecule has 104 valence electrons. The van der Waals surface area contributed by atoms with Gasteiger partial charge >= 0.3 is 0 Å². The minimum Gasteiger partial charge on any atom is -0.384 e. The molecule has 5 nitrogen and oxygen atoms in total. The maximum absolute atomic E-state index is 6.12. The number of hydrogen-bond acceptors (Lipinski definition) is 5. The molecule has 1 aliphatic heterocycles. The van der Waals surface area contributed by atoms with E-state index >= 15 is 0 Å². The lowest BCUT2D eigenvalue weighted by molar-refractivity contribution is 0.382. The van der Waals surface area contributed by atoms with E-state index in [9.17, 15) is 0 Å². The van der Waals surface area contributed by atoms with E-state index in [1.165, 1.54) is 0 Å². The standard InChI is InChI=1S/C11H19N5.2ClH/c1-7(2)8-5-16(6-9(8)12)11-14-4-3-10(13)15-11;;/h3-4,7-9H,5-6,12H2,1-2H3,(H2,13,14,15);2*1H/t8-,9+;;/m1../s1. The number of rotatable bonds is 2. The molecular weight excluding hydrogens is 273 g/mol. The maximum atomic E-state index is 6.12. The molecule has 2 heterocycles. The van der Waals surface area contributed by atoms with Crippen molar-refractivity contribution in [1.82, 2.24) is 9.97 Å². The Morgan fingerprint density at radius 3 is 2.50 bits per heavy atom. The highest BCUT2D eigenvalue weighted by molar-refractivity contribution is 5.85. The van der Waals surface area contributed by atoms with Crippen LogP contribution in [0, 0.1) is 11.8 Å². The average molecular weight is 294 g/mol. The van der Waals surface area contributed by atoms with Crippen LogP contribution in [0.5, 0.6) is 0 Å². The SMILES string of the molecule is CC(C)[C@H]1CN(c2nccc(N)n2)C[C@@H]1N.Cl.Cl. The number of nitrogens with two attached hydrogens (primary N) is 2. The van der Waals surface area contributed by atoms with Crippen molar-refractivity contribution in [1.29, 1.82) is 0 Å². The van der Waals surface area contributed by atoms with Gasteiger partial charge in [0.25, 0.3) is 0 Å². The molecule has 18 heavy (non-hydrogen) atoms. The fraction of sp³-hybridized carbons (Fsp3) is 0.636. The summed E-state index contributed by atoms with van der Waals surface area (Å²) in [6.45, 7) is 6.14. The second-order valence-electron chi connectivity index (χ2n) is 4.76. The van der Waals surface area contributed by atoms with Crippen LogP contribution in [0.1, 0.15) is 13.8 Å². The van der Waals surface area contributed by atoms with Crippen LogP contribution in [0.15, 0.2) is 12.3 Å². The Morgan fingerprint density at radius 1 is 1.33 bits per heavy atom. The molecule has 0 bridgehead atoms. The predicted octanol–water partition coefficient (Wildman–Crippen LogP) is 1.32. The highest BCUT2D eigenvalue weighted by atomic mass is 35.5. The molecule has 2 rings (SSSR count). The molecule has 0 saturated carbocycles. The van der Waals surface area contributed by atoms with Crippen molar-refractivity contribution in [2.24, 2.45) is 17.6 Å². The molecule has 4 N–H and O–H groups in total. The lowest BCUT2D eigenvalue weighted by Crippen LogP contribution is -2.32. The summed E-state index contributed by atoms with van der Waals surface area (Å²) in [5, 5.41) is 0. The van der Waals surface area contributed by atoms with E-state index in [2.05, 4.69) is 28.7 Å². The van der Waals surface area contributed by atoms with Crippen LogP contribution in [0.4, 0.5) is 11.8 Å². The van der Waals surface area contributed by atoms with Crippen LogP contribution in [-0.2, 0) is 0 Å². The van der Waals surface area contributed by atoms with Crippen LogP contribution >= 0.6 is 24.8 Å². The molecule has 1 aromatic rings. The summed E-state index contributed by atoms with van der Waals surface area (Å²) >= 11 is 0. The zero-order valence-corrected chi connectivity index (χ0v) is 12.2. The van der Waals surface area contributed by atoms with Crippen LogP contribution in [0.3, 0.4) is 0 Å². The third kappa shape index (κ3) is 3.60. The van der Waals surface area contributed by atoms with Gasteiger partial charge in [0.15, 0.2) is 0 Å². The first kappa shape index (κ1) is 17.2. The van der Waals surface area contributed by atoms with E-state index in [1.54, 1.807) is 12.3 Å². The summed E-state index contributed by atoms with van der Waals surface area (Å²) in [4.78, 5) is 10.6. The normalized spacial score (nSPS) is 22.6. The molecular formula is C11H21Cl2N5. The topological polar surface area (TPSA) is 81.1 Å². The van der Waals surface area contributed by atoms with E-state index in [1.807, 2.05) is 0 Å². The first-order valence-corrected chi connectivity index (χ1v) is 5.67. The number of nitrogen functional groups attached to an aromatic ring is 1. The van der Waals surface area contributed by atoms with Crippen LogP contribution in [0.2, 0.25) is 0 Å². The molecule has 0 unspecified atom stereocenters. The molecule has 0 spiro atoms.